The predicted octanol–water partition coefficient (Wildman–Crippen LogP) is 4.57. The first-order valence-electron chi connectivity index (χ1n) is 13.5. The van der Waals surface area contributed by atoms with Crippen LogP contribution in [0, 0.1) is 0 Å². The largest absolute Gasteiger partial charge is 0.507 e. The Labute approximate surface area is 224 Å². The van der Waals surface area contributed by atoms with E-state index < -0.39 is 17.7 Å². The molecule has 8 nitrogen and oxygen atoms in total. The first kappa shape index (κ1) is 27.5. The third-order valence-electron chi connectivity index (χ3n) is 7.14. The second-order valence-corrected chi connectivity index (χ2v) is 9.55. The highest BCUT2D eigenvalue weighted by Gasteiger charge is 2.46. The van der Waals surface area contributed by atoms with Crippen LogP contribution in [-0.4, -0.2) is 72.1 Å². The number of nitrogens with zero attached hydrogens (tertiary/aromatic N) is 2. The first-order chi connectivity index (χ1) is 18.3. The van der Waals surface area contributed by atoms with Gasteiger partial charge in [-0.15, -0.1) is 0 Å². The second-order valence-electron chi connectivity index (χ2n) is 9.55. The lowest BCUT2D eigenvalue weighted by atomic mass is 9.94. The van der Waals surface area contributed by atoms with Gasteiger partial charge in [-0.3, -0.25) is 9.59 Å². The molecular weight excluding hydrogens is 484 g/mol. The van der Waals surface area contributed by atoms with E-state index in [0.29, 0.717) is 55.4 Å². The van der Waals surface area contributed by atoms with E-state index in [9.17, 15) is 14.7 Å². The van der Waals surface area contributed by atoms with Crippen molar-refractivity contribution in [3.63, 3.8) is 0 Å². The molecule has 1 N–H and O–H groups in total. The summed E-state index contributed by atoms with van der Waals surface area (Å²) >= 11 is 0. The minimum Gasteiger partial charge on any atom is -0.507 e. The van der Waals surface area contributed by atoms with Crippen LogP contribution in [0.5, 0.6) is 17.2 Å². The lowest BCUT2D eigenvalue weighted by molar-refractivity contribution is -0.140. The average molecular weight is 523 g/mol. The molecule has 8 heteroatoms. The van der Waals surface area contributed by atoms with Gasteiger partial charge in [-0.05, 0) is 75.3 Å². The number of Topliss-reactive ketones (excluding diaryl/α,β-unsaturated/α-hetero) is 1. The Hall–Kier alpha value is -3.52. The van der Waals surface area contributed by atoms with E-state index in [-0.39, 0.29) is 17.4 Å². The summed E-state index contributed by atoms with van der Waals surface area (Å²) in [6, 6.07) is 10.1. The SMILES string of the molecule is CCOc1ccc([C@H]2/C(=C(\O)c3ccc4c(c3)C[C@H](C)O4)C(=O)C(=O)N2CCN(CC)CC)cc1OCC. The fourth-order valence-electron chi connectivity index (χ4n) is 5.21. The number of hydrogen-bond acceptors (Lipinski definition) is 7. The number of hydrogen-bond donors (Lipinski definition) is 1. The predicted molar refractivity (Wildman–Crippen MR) is 146 cm³/mol. The lowest BCUT2D eigenvalue weighted by Gasteiger charge is -2.28. The van der Waals surface area contributed by atoms with Crippen LogP contribution in [0.4, 0.5) is 0 Å². The quantitative estimate of drug-likeness (QED) is 0.263. The fraction of sp³-hybridized carbons (Fsp3) is 0.467. The molecule has 0 bridgehead atoms. The molecular formula is C30H38N2O6. The molecule has 2 heterocycles. The Morgan fingerprint density at radius 2 is 1.74 bits per heavy atom. The smallest absolute Gasteiger partial charge is 0.295 e. The number of fused-ring (bicyclic) bond motifs is 1. The summed E-state index contributed by atoms with van der Waals surface area (Å²) in [5.41, 5.74) is 2.21. The lowest BCUT2D eigenvalue weighted by Crippen LogP contribution is -2.38. The van der Waals surface area contributed by atoms with E-state index in [0.717, 1.165) is 24.4 Å². The maximum absolute atomic E-state index is 13.5. The van der Waals surface area contributed by atoms with Crippen LogP contribution in [0.25, 0.3) is 5.76 Å². The van der Waals surface area contributed by atoms with E-state index in [1.54, 1.807) is 23.1 Å². The Morgan fingerprint density at radius 3 is 2.42 bits per heavy atom. The second kappa shape index (κ2) is 11.9. The molecule has 0 saturated carbocycles. The van der Waals surface area contributed by atoms with E-state index in [1.807, 2.05) is 39.0 Å². The highest BCUT2D eigenvalue weighted by Crippen LogP contribution is 2.42. The number of aliphatic hydroxyl groups is 1. The van der Waals surface area contributed by atoms with Gasteiger partial charge in [0.05, 0.1) is 24.8 Å². The molecule has 1 saturated heterocycles. The molecule has 0 aromatic heterocycles. The van der Waals surface area contributed by atoms with Gasteiger partial charge in [-0.25, -0.2) is 0 Å². The molecule has 1 fully saturated rings. The number of likely N-dealkylation sites (N-methyl/N-ethyl adjacent to an activating group) is 1. The number of carbonyl (C=O) groups is 2. The monoisotopic (exact) mass is 522 g/mol. The molecule has 4 rings (SSSR count). The van der Waals surface area contributed by atoms with Crippen molar-refractivity contribution in [1.29, 1.82) is 0 Å². The van der Waals surface area contributed by atoms with Crippen LogP contribution < -0.4 is 14.2 Å². The van der Waals surface area contributed by atoms with Crippen molar-refractivity contribution in [3.05, 3.63) is 58.7 Å². The zero-order chi connectivity index (χ0) is 27.4. The van der Waals surface area contributed by atoms with Crippen molar-refractivity contribution in [2.75, 3.05) is 39.4 Å². The Balaban J connectivity index is 1.82. The highest BCUT2D eigenvalue weighted by atomic mass is 16.5. The standard InChI is InChI=1S/C30H38N2O6/c1-6-31(7-2)14-15-32-27(20-10-13-24(36-8-3)25(18-20)37-9-4)26(29(34)30(32)35)28(33)21-11-12-23-22(17-21)16-19(5)38-23/h10-13,17-19,27,33H,6-9,14-16H2,1-5H3/b28-26+/t19-,27-/m0/s1. The summed E-state index contributed by atoms with van der Waals surface area (Å²) in [4.78, 5) is 30.6. The van der Waals surface area contributed by atoms with Gasteiger partial charge in [-0.2, -0.15) is 0 Å². The van der Waals surface area contributed by atoms with E-state index in [2.05, 4.69) is 18.7 Å². The molecule has 0 spiro atoms. The number of benzene rings is 2. The van der Waals surface area contributed by atoms with Gasteiger partial charge in [0.2, 0.25) is 0 Å². The number of ether oxygens (including phenoxy) is 3. The van der Waals surface area contributed by atoms with Crippen molar-refractivity contribution in [1.82, 2.24) is 9.80 Å². The molecule has 2 aromatic rings. The van der Waals surface area contributed by atoms with Crippen LogP contribution in [0.1, 0.15) is 57.4 Å². The number of amides is 1. The number of likely N-dealkylation sites (tertiary alicyclic amines) is 1. The third-order valence-corrected chi connectivity index (χ3v) is 7.14. The third kappa shape index (κ3) is 5.36. The first-order valence-corrected chi connectivity index (χ1v) is 13.5. The van der Waals surface area contributed by atoms with Crippen LogP contribution in [0.2, 0.25) is 0 Å². The molecule has 0 aliphatic carbocycles. The van der Waals surface area contributed by atoms with Gasteiger partial charge >= 0.3 is 0 Å². The van der Waals surface area contributed by atoms with Gasteiger partial charge in [0, 0.05) is 25.1 Å². The summed E-state index contributed by atoms with van der Waals surface area (Å²) in [7, 11) is 0. The topological polar surface area (TPSA) is 88.5 Å². The van der Waals surface area contributed by atoms with E-state index >= 15 is 0 Å². The molecule has 1 amide bonds. The van der Waals surface area contributed by atoms with Gasteiger partial charge in [-0.1, -0.05) is 19.9 Å². The summed E-state index contributed by atoms with van der Waals surface area (Å²) in [6.07, 6.45) is 0.767. The highest BCUT2D eigenvalue weighted by molar-refractivity contribution is 6.46. The molecule has 204 valence electrons. The molecule has 38 heavy (non-hydrogen) atoms. The van der Waals surface area contributed by atoms with E-state index in [4.69, 9.17) is 14.2 Å². The van der Waals surface area contributed by atoms with Crippen molar-refractivity contribution < 1.29 is 28.9 Å². The average Bonchev–Trinajstić information content (AvgIpc) is 3.41. The molecule has 2 aromatic carbocycles. The van der Waals surface area contributed by atoms with Crippen molar-refractivity contribution >= 4 is 17.4 Å². The molecule has 0 unspecified atom stereocenters. The Bertz CT molecular complexity index is 1220. The Kier molecular flexibility index (Phi) is 8.62. The number of aliphatic hydroxyl groups excluding tert-OH is 1. The summed E-state index contributed by atoms with van der Waals surface area (Å²) in [5.74, 6) is 0.402. The fourth-order valence-corrected chi connectivity index (χ4v) is 5.21. The summed E-state index contributed by atoms with van der Waals surface area (Å²) in [5, 5.41) is 11.5. The molecule has 2 atom stereocenters. The maximum atomic E-state index is 13.5. The maximum Gasteiger partial charge on any atom is 0.295 e. The molecule has 2 aliphatic rings. The normalized spacial score (nSPS) is 20.1. The van der Waals surface area contributed by atoms with E-state index in [1.165, 1.54) is 0 Å². The van der Waals surface area contributed by atoms with Gasteiger partial charge in [0.15, 0.2) is 11.5 Å². The minimum atomic E-state index is -0.760. The van der Waals surface area contributed by atoms with Crippen molar-refractivity contribution in [2.45, 2.75) is 53.2 Å². The molecule has 0 radical (unpaired) electrons. The number of ketones is 1. The van der Waals surface area contributed by atoms with Gasteiger partial charge in [0.1, 0.15) is 17.6 Å². The summed E-state index contributed by atoms with van der Waals surface area (Å²) in [6.45, 7) is 13.4. The van der Waals surface area contributed by atoms with Crippen molar-refractivity contribution in [2.24, 2.45) is 0 Å². The van der Waals surface area contributed by atoms with Gasteiger partial charge in [0.25, 0.3) is 11.7 Å². The zero-order valence-electron chi connectivity index (χ0n) is 23.0. The zero-order valence-corrected chi connectivity index (χ0v) is 23.0. The van der Waals surface area contributed by atoms with Crippen LogP contribution in [0.15, 0.2) is 42.0 Å². The van der Waals surface area contributed by atoms with Crippen molar-refractivity contribution in [3.8, 4) is 17.2 Å². The Morgan fingerprint density at radius 1 is 1.03 bits per heavy atom. The number of carbonyl (C=O) groups excluding carboxylic acids is 2. The van der Waals surface area contributed by atoms with Crippen LogP contribution in [-0.2, 0) is 16.0 Å². The molecule has 2 aliphatic heterocycles. The van der Waals surface area contributed by atoms with Crippen LogP contribution in [0.3, 0.4) is 0 Å². The summed E-state index contributed by atoms with van der Waals surface area (Å²) < 4.78 is 17.4. The van der Waals surface area contributed by atoms with Gasteiger partial charge < -0.3 is 29.1 Å². The van der Waals surface area contributed by atoms with Crippen LogP contribution >= 0.6 is 0 Å². The number of rotatable bonds is 11. The minimum absolute atomic E-state index is 0.0499.